The largest absolute Gasteiger partial charge is 0.457 e. The van der Waals surface area contributed by atoms with Gasteiger partial charge in [-0.25, -0.2) is 0 Å². The van der Waals surface area contributed by atoms with E-state index in [1.54, 1.807) is 0 Å². The highest BCUT2D eigenvalue weighted by molar-refractivity contribution is 6.21. The molecule has 0 fully saturated rings. The standard InChI is InChI=1S/C51H34O/c1-4-16-36(17-5-1)49-43-24-12-10-22-41(43)42-23-11-13-25-44(42)50(49)37-30-28-35(29-31-37)38-32-33-48-46(34-38)51(39-18-6-2-7-19-39,40-20-8-3-9-21-40)45-26-14-15-27-47(45)52-48/h1-34H. The summed E-state index contributed by atoms with van der Waals surface area (Å²) in [5.41, 5.74) is 11.4. The lowest BCUT2D eigenvalue weighted by Crippen LogP contribution is -2.34. The van der Waals surface area contributed by atoms with E-state index in [1.807, 2.05) is 0 Å². The molecule has 0 bridgehead atoms. The molecular formula is C51H34O. The van der Waals surface area contributed by atoms with Crippen molar-refractivity contribution in [2.75, 3.05) is 0 Å². The van der Waals surface area contributed by atoms with Crippen LogP contribution in [0.4, 0.5) is 0 Å². The Morgan fingerprint density at radius 2 is 0.712 bits per heavy atom. The van der Waals surface area contributed by atoms with Crippen molar-refractivity contribution in [1.82, 2.24) is 0 Å². The molecule has 1 aliphatic heterocycles. The van der Waals surface area contributed by atoms with Crippen LogP contribution in [0, 0.1) is 0 Å². The second-order valence-corrected chi connectivity index (χ2v) is 13.6. The number of para-hydroxylation sites is 1. The Morgan fingerprint density at radius 1 is 0.288 bits per heavy atom. The van der Waals surface area contributed by atoms with E-state index in [0.29, 0.717) is 0 Å². The first-order valence-electron chi connectivity index (χ1n) is 17.9. The van der Waals surface area contributed by atoms with Gasteiger partial charge in [-0.15, -0.1) is 0 Å². The minimum Gasteiger partial charge on any atom is -0.457 e. The number of hydrogen-bond donors (Lipinski definition) is 0. The minimum absolute atomic E-state index is 0.558. The predicted molar refractivity (Wildman–Crippen MR) is 216 cm³/mol. The zero-order valence-corrected chi connectivity index (χ0v) is 28.5. The average molecular weight is 663 g/mol. The highest BCUT2D eigenvalue weighted by Crippen LogP contribution is 2.56. The zero-order chi connectivity index (χ0) is 34.5. The lowest BCUT2D eigenvalue weighted by atomic mass is 9.63. The number of ether oxygens (including phenoxy) is 1. The lowest BCUT2D eigenvalue weighted by Gasteiger charge is -2.41. The summed E-state index contributed by atoms with van der Waals surface area (Å²) in [7, 11) is 0. The third-order valence-electron chi connectivity index (χ3n) is 10.8. The summed E-state index contributed by atoms with van der Waals surface area (Å²) in [5.74, 6) is 1.76. The van der Waals surface area contributed by atoms with E-state index in [9.17, 15) is 0 Å². The fourth-order valence-electron chi connectivity index (χ4n) is 8.56. The second-order valence-electron chi connectivity index (χ2n) is 13.6. The van der Waals surface area contributed by atoms with Crippen molar-refractivity contribution < 1.29 is 4.74 Å². The van der Waals surface area contributed by atoms with Crippen molar-refractivity contribution in [1.29, 1.82) is 0 Å². The van der Waals surface area contributed by atoms with Crippen LogP contribution in [0.5, 0.6) is 11.5 Å². The Labute approximate surface area is 304 Å². The van der Waals surface area contributed by atoms with Gasteiger partial charge >= 0.3 is 0 Å². The highest BCUT2D eigenvalue weighted by Gasteiger charge is 2.45. The summed E-state index contributed by atoms with van der Waals surface area (Å²) in [6, 6.07) is 74.5. The Hall–Kier alpha value is -6.70. The van der Waals surface area contributed by atoms with Crippen molar-refractivity contribution >= 4 is 21.5 Å². The fourth-order valence-corrected chi connectivity index (χ4v) is 8.56. The van der Waals surface area contributed by atoms with Crippen LogP contribution < -0.4 is 4.74 Å². The van der Waals surface area contributed by atoms with Gasteiger partial charge < -0.3 is 4.74 Å². The average Bonchev–Trinajstić information content (AvgIpc) is 3.23. The van der Waals surface area contributed by atoms with E-state index in [4.69, 9.17) is 4.74 Å². The number of hydrogen-bond acceptors (Lipinski definition) is 1. The SMILES string of the molecule is c1ccc(-c2c(-c3ccc(-c4ccc5c(c4)C(c4ccccc4)(c4ccccc4)c4ccccc4O5)cc3)c3ccccc3c3ccccc23)cc1. The molecule has 0 aromatic heterocycles. The molecule has 0 saturated heterocycles. The van der Waals surface area contributed by atoms with Crippen LogP contribution in [0.15, 0.2) is 206 Å². The maximum Gasteiger partial charge on any atom is 0.132 e. The van der Waals surface area contributed by atoms with Crippen LogP contribution in [0.1, 0.15) is 22.3 Å². The van der Waals surface area contributed by atoms with E-state index in [1.165, 1.54) is 54.9 Å². The third-order valence-corrected chi connectivity index (χ3v) is 10.8. The van der Waals surface area contributed by atoms with Crippen molar-refractivity contribution in [2.45, 2.75) is 5.41 Å². The van der Waals surface area contributed by atoms with Crippen molar-refractivity contribution in [2.24, 2.45) is 0 Å². The molecule has 244 valence electrons. The predicted octanol–water partition coefficient (Wildman–Crippen LogP) is 13.5. The molecule has 0 unspecified atom stereocenters. The van der Waals surface area contributed by atoms with Crippen LogP contribution in [0.3, 0.4) is 0 Å². The normalized spacial score (nSPS) is 12.9. The molecule has 0 radical (unpaired) electrons. The van der Waals surface area contributed by atoms with E-state index in [2.05, 4.69) is 206 Å². The summed E-state index contributed by atoms with van der Waals surface area (Å²) in [5, 5.41) is 5.06. The van der Waals surface area contributed by atoms with E-state index >= 15 is 0 Å². The first-order valence-corrected chi connectivity index (χ1v) is 17.9. The van der Waals surface area contributed by atoms with Crippen LogP contribution >= 0.6 is 0 Å². The van der Waals surface area contributed by atoms with Crippen LogP contribution in [-0.2, 0) is 5.41 Å². The Balaban J connectivity index is 1.17. The van der Waals surface area contributed by atoms with E-state index < -0.39 is 5.41 Å². The molecule has 9 aromatic rings. The highest BCUT2D eigenvalue weighted by atomic mass is 16.5. The van der Waals surface area contributed by atoms with Crippen LogP contribution in [-0.4, -0.2) is 0 Å². The van der Waals surface area contributed by atoms with Crippen molar-refractivity contribution in [3.05, 3.63) is 229 Å². The van der Waals surface area contributed by atoms with Gasteiger partial charge in [0.05, 0.1) is 5.41 Å². The van der Waals surface area contributed by atoms with Crippen LogP contribution in [0.25, 0.3) is 54.9 Å². The van der Waals surface area contributed by atoms with Gasteiger partial charge in [0.2, 0.25) is 0 Å². The first kappa shape index (κ1) is 30.2. The Bertz CT molecular complexity index is 2690. The van der Waals surface area contributed by atoms with Gasteiger partial charge in [-0.05, 0) is 84.3 Å². The van der Waals surface area contributed by atoms with Gasteiger partial charge in [-0.1, -0.05) is 188 Å². The Kier molecular flexibility index (Phi) is 7.11. The molecule has 10 rings (SSSR count). The zero-order valence-electron chi connectivity index (χ0n) is 28.5. The van der Waals surface area contributed by atoms with E-state index in [0.717, 1.165) is 33.8 Å². The first-order chi connectivity index (χ1) is 25.8. The molecule has 0 spiro atoms. The molecule has 52 heavy (non-hydrogen) atoms. The van der Waals surface area contributed by atoms with Gasteiger partial charge in [0, 0.05) is 11.1 Å². The summed E-state index contributed by atoms with van der Waals surface area (Å²) in [6.07, 6.45) is 0. The third kappa shape index (κ3) is 4.63. The molecule has 0 N–H and O–H groups in total. The molecule has 1 heterocycles. The molecule has 9 aromatic carbocycles. The number of fused-ring (bicyclic) bond motifs is 5. The van der Waals surface area contributed by atoms with Gasteiger partial charge in [0.1, 0.15) is 11.5 Å². The fraction of sp³-hybridized carbons (Fsp3) is 0.0196. The van der Waals surface area contributed by atoms with Crippen LogP contribution in [0.2, 0.25) is 0 Å². The molecule has 0 atom stereocenters. The molecule has 0 aliphatic carbocycles. The van der Waals surface area contributed by atoms with E-state index in [-0.39, 0.29) is 0 Å². The second kappa shape index (κ2) is 12.3. The summed E-state index contributed by atoms with van der Waals surface area (Å²) in [4.78, 5) is 0. The summed E-state index contributed by atoms with van der Waals surface area (Å²) in [6.45, 7) is 0. The maximum atomic E-state index is 6.67. The molecule has 0 amide bonds. The molecule has 0 saturated carbocycles. The number of benzene rings is 9. The Morgan fingerprint density at radius 3 is 1.31 bits per heavy atom. The molecule has 1 nitrogen and oxygen atoms in total. The minimum atomic E-state index is -0.558. The van der Waals surface area contributed by atoms with Crippen molar-refractivity contribution in [3.8, 4) is 44.9 Å². The van der Waals surface area contributed by atoms with Gasteiger partial charge in [0.25, 0.3) is 0 Å². The lowest BCUT2D eigenvalue weighted by molar-refractivity contribution is 0.434. The monoisotopic (exact) mass is 662 g/mol. The van der Waals surface area contributed by atoms with Gasteiger partial charge in [-0.2, -0.15) is 0 Å². The molecule has 1 heteroatoms. The summed E-state index contributed by atoms with van der Waals surface area (Å²) < 4.78 is 6.67. The van der Waals surface area contributed by atoms with Gasteiger partial charge in [0.15, 0.2) is 0 Å². The number of rotatable bonds is 5. The quantitative estimate of drug-likeness (QED) is 0.167. The van der Waals surface area contributed by atoms with Gasteiger partial charge in [-0.3, -0.25) is 0 Å². The summed E-state index contributed by atoms with van der Waals surface area (Å²) >= 11 is 0. The van der Waals surface area contributed by atoms with Crippen molar-refractivity contribution in [3.63, 3.8) is 0 Å². The maximum absolute atomic E-state index is 6.67. The molecule has 1 aliphatic rings. The molecular weight excluding hydrogens is 629 g/mol. The smallest absolute Gasteiger partial charge is 0.132 e. The topological polar surface area (TPSA) is 9.23 Å².